The first-order valence-electron chi connectivity index (χ1n) is 10.6. The monoisotopic (exact) mass is 473 g/mol. The van der Waals surface area contributed by atoms with Crippen molar-refractivity contribution in [2.75, 3.05) is 27.4 Å². The minimum absolute atomic E-state index is 0.0236. The molecule has 7 nitrogen and oxygen atoms in total. The lowest BCUT2D eigenvalue weighted by atomic mass is 9.92. The second-order valence-corrected chi connectivity index (χ2v) is 8.36. The van der Waals surface area contributed by atoms with Gasteiger partial charge in [0, 0.05) is 12.6 Å². The second kappa shape index (κ2) is 10.3. The van der Waals surface area contributed by atoms with E-state index >= 15 is 0 Å². The zero-order chi connectivity index (χ0) is 24.3. The van der Waals surface area contributed by atoms with Crippen LogP contribution in [0.4, 0.5) is 0 Å². The number of benzene rings is 2. The third-order valence-corrected chi connectivity index (χ3v) is 5.83. The summed E-state index contributed by atoms with van der Waals surface area (Å²) >= 11 is 6.20. The third kappa shape index (κ3) is 4.84. The standard InChI is InChI=1S/C25H28ClNO6/c1-14(2)33-11-10-27-22(16-9-7-6-8-15(16)3)21(24(29)25(27)30)23(28)17-12-20(32-5)18(26)13-19(17)31-4/h6-9,12-14,22,28H,10-11H2,1-5H3/b23-21+. The Morgan fingerprint density at radius 1 is 1.12 bits per heavy atom. The number of halogens is 1. The Bertz CT molecular complexity index is 1090. The van der Waals surface area contributed by atoms with Crippen molar-refractivity contribution in [3.8, 4) is 11.5 Å². The van der Waals surface area contributed by atoms with Gasteiger partial charge in [-0.1, -0.05) is 35.9 Å². The molecule has 1 atom stereocenters. The van der Waals surface area contributed by atoms with E-state index in [1.54, 1.807) is 0 Å². The molecule has 0 aliphatic carbocycles. The van der Waals surface area contributed by atoms with Gasteiger partial charge >= 0.3 is 0 Å². The molecule has 3 rings (SSSR count). The van der Waals surface area contributed by atoms with Crippen LogP contribution in [0.3, 0.4) is 0 Å². The number of aryl methyl sites for hydroxylation is 1. The molecule has 0 aromatic heterocycles. The topological polar surface area (TPSA) is 85.3 Å². The fourth-order valence-electron chi connectivity index (χ4n) is 3.90. The fourth-order valence-corrected chi connectivity index (χ4v) is 4.14. The highest BCUT2D eigenvalue weighted by atomic mass is 35.5. The smallest absolute Gasteiger partial charge is 0.295 e. The van der Waals surface area contributed by atoms with Crippen LogP contribution in [0.1, 0.15) is 36.6 Å². The number of carbonyl (C=O) groups excluding carboxylic acids is 2. The van der Waals surface area contributed by atoms with Gasteiger partial charge in [0.2, 0.25) is 0 Å². The Kier molecular flexibility index (Phi) is 7.66. The molecule has 0 radical (unpaired) electrons. The van der Waals surface area contributed by atoms with Crippen molar-refractivity contribution in [3.63, 3.8) is 0 Å². The van der Waals surface area contributed by atoms with Gasteiger partial charge in [0.25, 0.3) is 11.7 Å². The van der Waals surface area contributed by atoms with E-state index in [-0.39, 0.29) is 46.9 Å². The molecule has 33 heavy (non-hydrogen) atoms. The van der Waals surface area contributed by atoms with Crippen molar-refractivity contribution in [1.29, 1.82) is 0 Å². The number of carbonyl (C=O) groups is 2. The Balaban J connectivity index is 2.21. The largest absolute Gasteiger partial charge is 0.507 e. The molecule has 1 saturated heterocycles. The van der Waals surface area contributed by atoms with Gasteiger partial charge in [0.1, 0.15) is 17.3 Å². The van der Waals surface area contributed by atoms with Crippen LogP contribution in [-0.2, 0) is 14.3 Å². The average molecular weight is 474 g/mol. The van der Waals surface area contributed by atoms with Crippen LogP contribution in [0.25, 0.3) is 5.76 Å². The number of ether oxygens (including phenoxy) is 3. The van der Waals surface area contributed by atoms with Gasteiger partial charge in [0.05, 0.1) is 49.1 Å². The number of hydrogen-bond donors (Lipinski definition) is 1. The second-order valence-electron chi connectivity index (χ2n) is 7.96. The summed E-state index contributed by atoms with van der Waals surface area (Å²) in [5.41, 5.74) is 1.80. The van der Waals surface area contributed by atoms with E-state index in [0.717, 1.165) is 11.1 Å². The van der Waals surface area contributed by atoms with Crippen LogP contribution in [0.2, 0.25) is 5.02 Å². The summed E-state index contributed by atoms with van der Waals surface area (Å²) in [6.45, 7) is 6.14. The molecule has 1 amide bonds. The molecule has 1 heterocycles. The lowest BCUT2D eigenvalue weighted by molar-refractivity contribution is -0.140. The molecule has 1 aliphatic heterocycles. The maximum Gasteiger partial charge on any atom is 0.295 e. The van der Waals surface area contributed by atoms with Crippen LogP contribution < -0.4 is 9.47 Å². The number of likely N-dealkylation sites (tertiary alicyclic amines) is 1. The predicted octanol–water partition coefficient (Wildman–Crippen LogP) is 4.51. The third-order valence-electron chi connectivity index (χ3n) is 5.54. The first kappa shape index (κ1) is 24.6. The van der Waals surface area contributed by atoms with Gasteiger partial charge in [-0.15, -0.1) is 0 Å². The number of hydrogen-bond acceptors (Lipinski definition) is 6. The van der Waals surface area contributed by atoms with E-state index in [0.29, 0.717) is 5.75 Å². The maximum absolute atomic E-state index is 13.2. The number of rotatable bonds is 8. The van der Waals surface area contributed by atoms with Gasteiger partial charge in [-0.2, -0.15) is 0 Å². The van der Waals surface area contributed by atoms with E-state index in [2.05, 4.69) is 0 Å². The van der Waals surface area contributed by atoms with Crippen molar-refractivity contribution in [2.45, 2.75) is 32.9 Å². The highest BCUT2D eigenvalue weighted by Crippen LogP contribution is 2.43. The maximum atomic E-state index is 13.2. The van der Waals surface area contributed by atoms with E-state index in [1.807, 2.05) is 45.0 Å². The van der Waals surface area contributed by atoms with Crippen LogP contribution >= 0.6 is 11.6 Å². The molecule has 1 unspecified atom stereocenters. The molecule has 176 valence electrons. The Morgan fingerprint density at radius 3 is 2.39 bits per heavy atom. The summed E-state index contributed by atoms with van der Waals surface area (Å²) in [4.78, 5) is 27.7. The SMILES string of the molecule is COc1cc(/C(O)=C2\C(=O)C(=O)N(CCOC(C)C)C2c2ccccc2C)c(OC)cc1Cl. The minimum atomic E-state index is -0.784. The summed E-state index contributed by atoms with van der Waals surface area (Å²) in [5, 5.41) is 11.6. The van der Waals surface area contributed by atoms with E-state index < -0.39 is 17.7 Å². The summed E-state index contributed by atoms with van der Waals surface area (Å²) in [6.07, 6.45) is -0.0236. The number of aliphatic hydroxyl groups excluding tert-OH is 1. The summed E-state index contributed by atoms with van der Waals surface area (Å²) in [6, 6.07) is 9.64. The Hall–Kier alpha value is -3.03. The van der Waals surface area contributed by atoms with Crippen LogP contribution in [0.5, 0.6) is 11.5 Å². The Morgan fingerprint density at radius 2 is 1.79 bits per heavy atom. The number of Topliss-reactive ketones (excluding diaryl/α,β-unsaturated/α-hetero) is 1. The van der Waals surface area contributed by atoms with Crippen molar-refractivity contribution in [2.24, 2.45) is 0 Å². The van der Waals surface area contributed by atoms with Gasteiger partial charge in [-0.3, -0.25) is 9.59 Å². The van der Waals surface area contributed by atoms with Crippen molar-refractivity contribution in [3.05, 3.63) is 63.7 Å². The van der Waals surface area contributed by atoms with Crippen molar-refractivity contribution < 1.29 is 28.9 Å². The normalized spacial score (nSPS) is 17.7. The fraction of sp³-hybridized carbons (Fsp3) is 0.360. The van der Waals surface area contributed by atoms with E-state index in [9.17, 15) is 14.7 Å². The molecule has 1 N–H and O–H groups in total. The lowest BCUT2D eigenvalue weighted by Crippen LogP contribution is -2.33. The molecular formula is C25H28ClNO6. The average Bonchev–Trinajstić information content (AvgIpc) is 3.03. The molecular weight excluding hydrogens is 446 g/mol. The zero-order valence-corrected chi connectivity index (χ0v) is 20.1. The first-order chi connectivity index (χ1) is 15.7. The number of aliphatic hydroxyl groups is 1. The van der Waals surface area contributed by atoms with Crippen molar-refractivity contribution >= 4 is 29.1 Å². The number of ketones is 1. The number of methoxy groups -OCH3 is 2. The van der Waals surface area contributed by atoms with Gasteiger partial charge in [0.15, 0.2) is 0 Å². The zero-order valence-electron chi connectivity index (χ0n) is 19.3. The highest BCUT2D eigenvalue weighted by Gasteiger charge is 2.46. The quantitative estimate of drug-likeness (QED) is 0.345. The molecule has 1 aliphatic rings. The highest BCUT2D eigenvalue weighted by molar-refractivity contribution is 6.46. The molecule has 8 heteroatoms. The number of nitrogens with zero attached hydrogens (tertiary/aromatic N) is 1. The molecule has 0 saturated carbocycles. The lowest BCUT2D eigenvalue weighted by Gasteiger charge is -2.27. The Labute approximate surface area is 198 Å². The summed E-state index contributed by atoms with van der Waals surface area (Å²) < 4.78 is 16.3. The van der Waals surface area contributed by atoms with Crippen LogP contribution in [0.15, 0.2) is 42.0 Å². The first-order valence-corrected chi connectivity index (χ1v) is 11.0. The molecule has 0 bridgehead atoms. The number of amides is 1. The molecule has 2 aromatic carbocycles. The van der Waals surface area contributed by atoms with Crippen molar-refractivity contribution in [1.82, 2.24) is 4.90 Å². The molecule has 0 spiro atoms. The molecule has 2 aromatic rings. The summed E-state index contributed by atoms with van der Waals surface area (Å²) in [7, 11) is 2.87. The van der Waals surface area contributed by atoms with Crippen LogP contribution in [-0.4, -0.2) is 55.2 Å². The van der Waals surface area contributed by atoms with Gasteiger partial charge in [-0.05, 0) is 38.0 Å². The predicted molar refractivity (Wildman–Crippen MR) is 126 cm³/mol. The molecule has 1 fully saturated rings. The minimum Gasteiger partial charge on any atom is -0.507 e. The van der Waals surface area contributed by atoms with Gasteiger partial charge < -0.3 is 24.2 Å². The van der Waals surface area contributed by atoms with E-state index in [4.69, 9.17) is 25.8 Å². The van der Waals surface area contributed by atoms with Gasteiger partial charge in [-0.25, -0.2) is 0 Å². The van der Waals surface area contributed by atoms with Crippen LogP contribution in [0, 0.1) is 6.92 Å². The summed E-state index contributed by atoms with van der Waals surface area (Å²) in [5.74, 6) is -1.29. The van der Waals surface area contributed by atoms with E-state index in [1.165, 1.54) is 31.3 Å².